The zero-order valence-electron chi connectivity index (χ0n) is 15.0. The number of para-hydroxylation sites is 2. The lowest BCUT2D eigenvalue weighted by Crippen LogP contribution is -2.42. The van der Waals surface area contributed by atoms with Crippen LogP contribution in [-0.4, -0.2) is 35.2 Å². The Balaban J connectivity index is 1.68. The molecule has 0 radical (unpaired) electrons. The van der Waals surface area contributed by atoms with Gasteiger partial charge in [-0.05, 0) is 43.2 Å². The Morgan fingerprint density at radius 3 is 2.56 bits per heavy atom. The Kier molecular flexibility index (Phi) is 6.47. The fourth-order valence-corrected chi connectivity index (χ4v) is 3.61. The molecule has 144 valence electrons. The van der Waals surface area contributed by atoms with E-state index in [0.717, 1.165) is 12.8 Å². The van der Waals surface area contributed by atoms with Crippen LogP contribution in [0.4, 0.5) is 5.69 Å². The third-order valence-electron chi connectivity index (χ3n) is 4.74. The maximum atomic E-state index is 11.4. The SMILES string of the molecule is CC(=O)N1CCC(C(O)Nc2ccccc2Oc2ccc(Cl)cc2Cl)CC1. The molecule has 1 fully saturated rings. The lowest BCUT2D eigenvalue weighted by molar-refractivity contribution is -0.130. The molecule has 3 rings (SSSR count). The number of ether oxygens (including phenoxy) is 1. The lowest BCUT2D eigenvalue weighted by atomic mass is 9.95. The highest BCUT2D eigenvalue weighted by Crippen LogP contribution is 2.35. The standard InChI is InChI=1S/C20H22Cl2N2O3/c1-13(25)24-10-8-14(9-11-24)20(26)23-17-4-2-3-5-19(17)27-18-7-6-15(21)12-16(18)22/h2-7,12,14,20,23,26H,8-11H2,1H3. The summed E-state index contributed by atoms with van der Waals surface area (Å²) in [5, 5.41) is 14.7. The maximum Gasteiger partial charge on any atom is 0.219 e. The van der Waals surface area contributed by atoms with Gasteiger partial charge in [-0.25, -0.2) is 0 Å². The number of hydrogen-bond donors (Lipinski definition) is 2. The van der Waals surface area contributed by atoms with Crippen LogP contribution < -0.4 is 10.1 Å². The highest BCUT2D eigenvalue weighted by atomic mass is 35.5. The largest absolute Gasteiger partial charge is 0.454 e. The van der Waals surface area contributed by atoms with Crippen molar-refractivity contribution in [3.63, 3.8) is 0 Å². The molecule has 1 unspecified atom stereocenters. The van der Waals surface area contributed by atoms with Gasteiger partial charge < -0.3 is 20.1 Å². The van der Waals surface area contributed by atoms with Crippen molar-refractivity contribution in [3.05, 3.63) is 52.5 Å². The van der Waals surface area contributed by atoms with E-state index in [4.69, 9.17) is 27.9 Å². The molecule has 0 aliphatic carbocycles. The van der Waals surface area contributed by atoms with Crippen molar-refractivity contribution in [3.8, 4) is 11.5 Å². The van der Waals surface area contributed by atoms with E-state index in [-0.39, 0.29) is 11.8 Å². The second-order valence-corrected chi connectivity index (χ2v) is 7.45. The predicted octanol–water partition coefficient (Wildman–Crippen LogP) is 4.77. The van der Waals surface area contributed by atoms with Crippen molar-refractivity contribution in [1.29, 1.82) is 0 Å². The quantitative estimate of drug-likeness (QED) is 0.699. The molecule has 0 spiro atoms. The summed E-state index contributed by atoms with van der Waals surface area (Å²) in [4.78, 5) is 13.3. The average molecular weight is 409 g/mol. The van der Waals surface area contributed by atoms with Crippen LogP contribution in [0.1, 0.15) is 19.8 Å². The predicted molar refractivity (Wildman–Crippen MR) is 108 cm³/mol. The van der Waals surface area contributed by atoms with Gasteiger partial charge in [0.2, 0.25) is 5.91 Å². The van der Waals surface area contributed by atoms with Crippen LogP contribution in [0.15, 0.2) is 42.5 Å². The molecule has 0 aromatic heterocycles. The van der Waals surface area contributed by atoms with Gasteiger partial charge in [-0.1, -0.05) is 35.3 Å². The molecule has 1 atom stereocenters. The van der Waals surface area contributed by atoms with Gasteiger partial charge in [0.25, 0.3) is 0 Å². The van der Waals surface area contributed by atoms with Crippen LogP contribution in [0.5, 0.6) is 11.5 Å². The minimum Gasteiger partial charge on any atom is -0.454 e. The van der Waals surface area contributed by atoms with Gasteiger partial charge in [0.15, 0.2) is 5.75 Å². The first-order chi connectivity index (χ1) is 12.9. The summed E-state index contributed by atoms with van der Waals surface area (Å²) in [7, 11) is 0. The summed E-state index contributed by atoms with van der Waals surface area (Å²) >= 11 is 12.1. The zero-order valence-corrected chi connectivity index (χ0v) is 16.5. The normalized spacial score (nSPS) is 16.1. The van der Waals surface area contributed by atoms with Gasteiger partial charge >= 0.3 is 0 Å². The zero-order chi connectivity index (χ0) is 19.4. The summed E-state index contributed by atoms with van der Waals surface area (Å²) in [6.07, 6.45) is 0.768. The van der Waals surface area contributed by atoms with E-state index in [0.29, 0.717) is 40.3 Å². The van der Waals surface area contributed by atoms with Crippen LogP contribution in [-0.2, 0) is 4.79 Å². The number of aliphatic hydroxyl groups is 1. The van der Waals surface area contributed by atoms with Gasteiger partial charge in [0.1, 0.15) is 12.0 Å². The fourth-order valence-electron chi connectivity index (χ4n) is 3.16. The molecule has 27 heavy (non-hydrogen) atoms. The van der Waals surface area contributed by atoms with E-state index in [1.807, 2.05) is 23.1 Å². The van der Waals surface area contributed by atoms with Crippen molar-refractivity contribution in [1.82, 2.24) is 4.90 Å². The Hall–Kier alpha value is -1.95. The van der Waals surface area contributed by atoms with Crippen molar-refractivity contribution in [2.75, 3.05) is 18.4 Å². The maximum absolute atomic E-state index is 11.4. The molecule has 1 aliphatic heterocycles. The number of carbonyl (C=O) groups is 1. The number of anilines is 1. The molecular weight excluding hydrogens is 387 g/mol. The molecule has 5 nitrogen and oxygen atoms in total. The third kappa shape index (κ3) is 5.06. The van der Waals surface area contributed by atoms with E-state index < -0.39 is 6.23 Å². The molecule has 2 N–H and O–H groups in total. The summed E-state index contributed by atoms with van der Waals surface area (Å²) in [6.45, 7) is 2.90. The second kappa shape index (κ2) is 8.83. The summed E-state index contributed by atoms with van der Waals surface area (Å²) in [5.74, 6) is 1.18. The molecule has 1 heterocycles. The number of piperidine rings is 1. The van der Waals surface area contributed by atoms with Gasteiger partial charge in [-0.2, -0.15) is 0 Å². The van der Waals surface area contributed by atoms with Crippen LogP contribution in [0.25, 0.3) is 0 Å². The van der Waals surface area contributed by atoms with E-state index in [1.54, 1.807) is 31.2 Å². The molecule has 1 saturated heterocycles. The molecule has 7 heteroatoms. The van der Waals surface area contributed by atoms with Crippen molar-refractivity contribution < 1.29 is 14.6 Å². The number of benzene rings is 2. The Morgan fingerprint density at radius 1 is 1.19 bits per heavy atom. The van der Waals surface area contributed by atoms with Crippen LogP contribution in [0.2, 0.25) is 10.0 Å². The molecule has 2 aromatic rings. The van der Waals surface area contributed by atoms with E-state index in [2.05, 4.69) is 5.32 Å². The summed E-state index contributed by atoms with van der Waals surface area (Å²) < 4.78 is 5.91. The Bertz CT molecular complexity index is 808. The minimum absolute atomic E-state index is 0.0628. The first kappa shape index (κ1) is 19.8. The van der Waals surface area contributed by atoms with Crippen LogP contribution >= 0.6 is 23.2 Å². The Labute approximate surface area is 168 Å². The monoisotopic (exact) mass is 408 g/mol. The number of aliphatic hydroxyl groups excluding tert-OH is 1. The number of halogens is 2. The summed E-state index contributed by atoms with van der Waals surface area (Å²) in [5.41, 5.74) is 0.671. The highest BCUT2D eigenvalue weighted by Gasteiger charge is 2.26. The smallest absolute Gasteiger partial charge is 0.219 e. The number of nitrogens with one attached hydrogen (secondary N) is 1. The fraction of sp³-hybridized carbons (Fsp3) is 0.350. The van der Waals surface area contributed by atoms with Gasteiger partial charge in [-0.15, -0.1) is 0 Å². The van der Waals surface area contributed by atoms with E-state index >= 15 is 0 Å². The van der Waals surface area contributed by atoms with Gasteiger partial charge in [0.05, 0.1) is 10.7 Å². The van der Waals surface area contributed by atoms with Gasteiger partial charge in [0, 0.05) is 31.0 Å². The molecule has 1 aliphatic rings. The topological polar surface area (TPSA) is 61.8 Å². The number of nitrogens with zero attached hydrogens (tertiary/aromatic N) is 1. The number of hydrogen-bond acceptors (Lipinski definition) is 4. The molecular formula is C20H22Cl2N2O3. The lowest BCUT2D eigenvalue weighted by Gasteiger charge is -2.34. The number of carbonyl (C=O) groups excluding carboxylic acids is 1. The van der Waals surface area contributed by atoms with E-state index in [1.165, 1.54) is 0 Å². The number of rotatable bonds is 5. The highest BCUT2D eigenvalue weighted by molar-refractivity contribution is 6.35. The molecule has 0 bridgehead atoms. The molecule has 2 aromatic carbocycles. The van der Waals surface area contributed by atoms with Crippen LogP contribution in [0.3, 0.4) is 0 Å². The van der Waals surface area contributed by atoms with Gasteiger partial charge in [-0.3, -0.25) is 4.79 Å². The number of likely N-dealkylation sites (tertiary alicyclic amines) is 1. The third-order valence-corrected chi connectivity index (χ3v) is 5.27. The van der Waals surface area contributed by atoms with Crippen LogP contribution in [0, 0.1) is 5.92 Å². The second-order valence-electron chi connectivity index (χ2n) is 6.61. The summed E-state index contributed by atoms with van der Waals surface area (Å²) in [6, 6.07) is 12.4. The van der Waals surface area contributed by atoms with Crippen molar-refractivity contribution in [2.45, 2.75) is 26.0 Å². The Morgan fingerprint density at radius 2 is 1.89 bits per heavy atom. The van der Waals surface area contributed by atoms with Crippen molar-refractivity contribution >= 4 is 34.8 Å². The number of amides is 1. The average Bonchev–Trinajstić information content (AvgIpc) is 2.65. The first-order valence-corrected chi connectivity index (χ1v) is 9.61. The van der Waals surface area contributed by atoms with E-state index in [9.17, 15) is 9.90 Å². The minimum atomic E-state index is -0.732. The van der Waals surface area contributed by atoms with Crippen molar-refractivity contribution in [2.24, 2.45) is 5.92 Å². The first-order valence-electron chi connectivity index (χ1n) is 8.86. The molecule has 0 saturated carbocycles. The molecule has 1 amide bonds.